The van der Waals surface area contributed by atoms with Crippen LogP contribution in [0.5, 0.6) is 0 Å². The lowest BCUT2D eigenvalue weighted by molar-refractivity contribution is 0.202. The molecule has 1 aromatic heterocycles. The van der Waals surface area contributed by atoms with E-state index in [-0.39, 0.29) is 0 Å². The summed E-state index contributed by atoms with van der Waals surface area (Å²) in [6, 6.07) is 0. The van der Waals surface area contributed by atoms with E-state index < -0.39 is 0 Å². The van der Waals surface area contributed by atoms with Crippen molar-refractivity contribution >= 4 is 11.3 Å². The molecule has 1 saturated heterocycles. The molecule has 1 unspecified atom stereocenters. The summed E-state index contributed by atoms with van der Waals surface area (Å²) in [6.07, 6.45) is 1.29. The van der Waals surface area contributed by atoms with Gasteiger partial charge in [-0.1, -0.05) is 6.92 Å². The van der Waals surface area contributed by atoms with Crippen molar-refractivity contribution in [1.82, 2.24) is 15.2 Å². The van der Waals surface area contributed by atoms with Gasteiger partial charge in [-0.05, 0) is 25.4 Å². The largest absolute Gasteiger partial charge is 0.316 e. The number of hydrogen-bond acceptors (Lipinski definition) is 4. The van der Waals surface area contributed by atoms with Gasteiger partial charge in [0.25, 0.3) is 0 Å². The first kappa shape index (κ1) is 11.0. The minimum absolute atomic E-state index is 0.449. The van der Waals surface area contributed by atoms with Gasteiger partial charge < -0.3 is 5.32 Å². The average molecular weight is 225 g/mol. The van der Waals surface area contributed by atoms with Crippen LogP contribution < -0.4 is 5.32 Å². The molecule has 1 aromatic rings. The lowest BCUT2D eigenvalue weighted by Gasteiger charge is -2.28. The number of rotatable bonds is 4. The van der Waals surface area contributed by atoms with E-state index >= 15 is 0 Å². The van der Waals surface area contributed by atoms with Crippen LogP contribution >= 0.6 is 11.3 Å². The Bertz CT molecular complexity index is 291. The molecule has 0 saturated carbocycles. The molecule has 15 heavy (non-hydrogen) atoms. The smallest absolute Gasteiger partial charge is 0.0795 e. The molecule has 84 valence electrons. The van der Waals surface area contributed by atoms with Gasteiger partial charge in [-0.15, -0.1) is 11.3 Å². The van der Waals surface area contributed by atoms with E-state index in [2.05, 4.69) is 34.6 Å². The molecule has 3 nitrogen and oxygen atoms in total. The number of hydrogen-bond donors (Lipinski definition) is 1. The summed E-state index contributed by atoms with van der Waals surface area (Å²) in [7, 11) is 2.18. The third-order valence-electron chi connectivity index (χ3n) is 3.02. The first-order valence-corrected chi connectivity index (χ1v) is 6.39. The summed E-state index contributed by atoms with van der Waals surface area (Å²) in [5, 5.41) is 5.57. The highest BCUT2D eigenvalue weighted by molar-refractivity contribution is 7.07. The second kappa shape index (κ2) is 4.60. The Hall–Kier alpha value is -0.450. The second-order valence-electron chi connectivity index (χ2n) is 4.89. The van der Waals surface area contributed by atoms with Crippen molar-refractivity contribution in [3.05, 3.63) is 16.6 Å². The fourth-order valence-corrected chi connectivity index (χ4v) is 2.85. The molecular weight excluding hydrogens is 206 g/mol. The van der Waals surface area contributed by atoms with Gasteiger partial charge in [0.05, 0.1) is 11.2 Å². The van der Waals surface area contributed by atoms with Crippen molar-refractivity contribution in [2.24, 2.45) is 5.41 Å². The van der Waals surface area contributed by atoms with Gasteiger partial charge in [-0.25, -0.2) is 4.98 Å². The molecule has 1 fully saturated rings. The molecule has 1 aliphatic rings. The quantitative estimate of drug-likeness (QED) is 0.843. The maximum atomic E-state index is 4.31. The molecule has 2 rings (SSSR count). The van der Waals surface area contributed by atoms with Crippen molar-refractivity contribution in [2.45, 2.75) is 19.9 Å². The Kier molecular flexibility index (Phi) is 3.38. The predicted molar refractivity (Wildman–Crippen MR) is 64.0 cm³/mol. The van der Waals surface area contributed by atoms with E-state index in [1.165, 1.54) is 18.7 Å². The van der Waals surface area contributed by atoms with Crippen LogP contribution in [0.4, 0.5) is 0 Å². The summed E-state index contributed by atoms with van der Waals surface area (Å²) >= 11 is 1.67. The Morgan fingerprint density at radius 1 is 1.67 bits per heavy atom. The molecule has 1 atom stereocenters. The molecular formula is C11H19N3S. The standard InChI is InChI=1S/C11H19N3S/c1-11(3-4-12-7-11)8-14(2)5-10-6-15-9-13-10/h6,9,12H,3-5,7-8H2,1-2H3. The fourth-order valence-electron chi connectivity index (χ4n) is 2.30. The molecule has 0 spiro atoms. The highest BCUT2D eigenvalue weighted by Crippen LogP contribution is 2.25. The highest BCUT2D eigenvalue weighted by Gasteiger charge is 2.29. The normalized spacial score (nSPS) is 26.3. The molecule has 4 heteroatoms. The van der Waals surface area contributed by atoms with Crippen LogP contribution in [0.1, 0.15) is 19.0 Å². The Labute approximate surface area is 95.5 Å². The van der Waals surface area contributed by atoms with E-state index in [9.17, 15) is 0 Å². The third kappa shape index (κ3) is 3.00. The van der Waals surface area contributed by atoms with Crippen LogP contribution in [0.25, 0.3) is 0 Å². The number of nitrogens with one attached hydrogen (secondary N) is 1. The van der Waals surface area contributed by atoms with Gasteiger partial charge in [0.2, 0.25) is 0 Å². The number of aromatic nitrogens is 1. The number of nitrogens with zero attached hydrogens (tertiary/aromatic N) is 2. The first-order chi connectivity index (χ1) is 7.18. The third-order valence-corrected chi connectivity index (χ3v) is 3.66. The molecule has 0 aromatic carbocycles. The van der Waals surface area contributed by atoms with Gasteiger partial charge in [0.1, 0.15) is 0 Å². The minimum atomic E-state index is 0.449. The second-order valence-corrected chi connectivity index (χ2v) is 5.61. The van der Waals surface area contributed by atoms with Gasteiger partial charge in [0.15, 0.2) is 0 Å². The Morgan fingerprint density at radius 2 is 2.53 bits per heavy atom. The number of thiazole rings is 1. The van der Waals surface area contributed by atoms with Crippen LogP contribution in [0, 0.1) is 5.41 Å². The molecule has 2 heterocycles. The van der Waals surface area contributed by atoms with Crippen LogP contribution in [0.15, 0.2) is 10.9 Å². The zero-order valence-corrected chi connectivity index (χ0v) is 10.3. The monoisotopic (exact) mass is 225 g/mol. The average Bonchev–Trinajstić information content (AvgIpc) is 2.76. The predicted octanol–water partition coefficient (Wildman–Crippen LogP) is 1.57. The summed E-state index contributed by atoms with van der Waals surface area (Å²) in [5.74, 6) is 0. The lowest BCUT2D eigenvalue weighted by atomic mass is 9.89. The van der Waals surface area contributed by atoms with Crippen molar-refractivity contribution in [3.63, 3.8) is 0 Å². The van der Waals surface area contributed by atoms with Crippen LogP contribution in [-0.2, 0) is 6.54 Å². The van der Waals surface area contributed by atoms with Crippen LogP contribution in [0.3, 0.4) is 0 Å². The summed E-state index contributed by atoms with van der Waals surface area (Å²) in [4.78, 5) is 6.69. The SMILES string of the molecule is CN(Cc1cscn1)CC1(C)CCNC1. The van der Waals surface area contributed by atoms with Gasteiger partial charge in [-0.2, -0.15) is 0 Å². The van der Waals surface area contributed by atoms with Crippen molar-refractivity contribution < 1.29 is 0 Å². The van der Waals surface area contributed by atoms with E-state index in [1.54, 1.807) is 11.3 Å². The van der Waals surface area contributed by atoms with E-state index in [1.807, 2.05) is 5.51 Å². The maximum Gasteiger partial charge on any atom is 0.0795 e. The van der Waals surface area contributed by atoms with Gasteiger partial charge >= 0.3 is 0 Å². The van der Waals surface area contributed by atoms with Gasteiger partial charge in [0, 0.05) is 25.0 Å². The fraction of sp³-hybridized carbons (Fsp3) is 0.727. The summed E-state index contributed by atoms with van der Waals surface area (Å²) < 4.78 is 0. The summed E-state index contributed by atoms with van der Waals surface area (Å²) in [6.45, 7) is 6.80. The Balaban J connectivity index is 1.84. The van der Waals surface area contributed by atoms with Crippen LogP contribution in [-0.4, -0.2) is 36.6 Å². The molecule has 0 bridgehead atoms. The molecule has 1 N–H and O–H groups in total. The Morgan fingerprint density at radius 3 is 3.13 bits per heavy atom. The van der Waals surface area contributed by atoms with Gasteiger partial charge in [-0.3, -0.25) is 4.90 Å². The highest BCUT2D eigenvalue weighted by atomic mass is 32.1. The van der Waals surface area contributed by atoms with E-state index in [4.69, 9.17) is 0 Å². The van der Waals surface area contributed by atoms with Crippen LogP contribution in [0.2, 0.25) is 0 Å². The first-order valence-electron chi connectivity index (χ1n) is 5.44. The van der Waals surface area contributed by atoms with Crippen molar-refractivity contribution in [1.29, 1.82) is 0 Å². The van der Waals surface area contributed by atoms with Crippen molar-refractivity contribution in [2.75, 3.05) is 26.7 Å². The van der Waals surface area contributed by atoms with E-state index in [0.717, 1.165) is 19.6 Å². The lowest BCUT2D eigenvalue weighted by Crippen LogP contribution is -2.34. The maximum absolute atomic E-state index is 4.31. The minimum Gasteiger partial charge on any atom is -0.316 e. The zero-order chi connectivity index (χ0) is 10.7. The molecule has 0 aliphatic carbocycles. The zero-order valence-electron chi connectivity index (χ0n) is 9.49. The van der Waals surface area contributed by atoms with E-state index in [0.29, 0.717) is 5.41 Å². The summed E-state index contributed by atoms with van der Waals surface area (Å²) in [5.41, 5.74) is 3.55. The molecule has 0 radical (unpaired) electrons. The molecule has 1 aliphatic heterocycles. The molecule has 0 amide bonds. The van der Waals surface area contributed by atoms with Crippen molar-refractivity contribution in [3.8, 4) is 0 Å². The topological polar surface area (TPSA) is 28.2 Å².